The molecule has 0 saturated carbocycles. The number of nitrogen functional groups attached to an aromatic ring is 1. The third kappa shape index (κ3) is 3.54. The number of anilines is 4. The molecule has 0 radical (unpaired) electrons. The molecule has 1 aliphatic rings. The molecule has 1 aromatic carbocycles. The van der Waals surface area contributed by atoms with Gasteiger partial charge in [0.15, 0.2) is 0 Å². The molecule has 1 saturated heterocycles. The molecule has 0 amide bonds. The molecule has 1 aromatic heterocycles. The van der Waals surface area contributed by atoms with Crippen LogP contribution in [0.25, 0.3) is 0 Å². The summed E-state index contributed by atoms with van der Waals surface area (Å²) in [4.78, 5) is 19.7. The van der Waals surface area contributed by atoms with Crippen LogP contribution in [0.1, 0.15) is 0 Å². The first kappa shape index (κ1) is 16.0. The largest absolute Gasteiger partial charge is 0.399 e. The molecule has 2 heterocycles. The van der Waals surface area contributed by atoms with Crippen molar-refractivity contribution < 1.29 is 4.92 Å². The molecule has 0 atom stereocenters. The van der Waals surface area contributed by atoms with Gasteiger partial charge in [0.1, 0.15) is 5.82 Å². The average molecular weight is 328 g/mol. The predicted octanol–water partition coefficient (Wildman–Crippen LogP) is 2.07. The van der Waals surface area contributed by atoms with Gasteiger partial charge in [0, 0.05) is 43.6 Å². The number of hydrogen-bond acceptors (Lipinski definition) is 7. The molecular weight excluding hydrogens is 308 g/mol. The van der Waals surface area contributed by atoms with Gasteiger partial charge in [-0.3, -0.25) is 10.1 Å². The second-order valence-electron chi connectivity index (χ2n) is 5.83. The van der Waals surface area contributed by atoms with E-state index in [4.69, 9.17) is 5.73 Å². The number of nitro groups is 1. The van der Waals surface area contributed by atoms with E-state index in [1.807, 2.05) is 0 Å². The number of nitrogens with two attached hydrogens (primary N) is 1. The number of aromatic nitrogens is 1. The Bertz CT molecular complexity index is 726. The number of likely N-dealkylation sites (N-methyl/N-ethyl adjacent to an activating group) is 1. The highest BCUT2D eigenvalue weighted by atomic mass is 16.6. The maximum absolute atomic E-state index is 11.3. The molecule has 1 fully saturated rings. The summed E-state index contributed by atoms with van der Waals surface area (Å²) in [6.45, 7) is 3.59. The highest BCUT2D eigenvalue weighted by molar-refractivity contribution is 5.68. The Labute approximate surface area is 140 Å². The van der Waals surface area contributed by atoms with Gasteiger partial charge in [-0.2, -0.15) is 0 Å². The van der Waals surface area contributed by atoms with E-state index in [0.717, 1.165) is 32.0 Å². The zero-order valence-electron chi connectivity index (χ0n) is 13.5. The van der Waals surface area contributed by atoms with E-state index in [2.05, 4.69) is 27.1 Å². The van der Waals surface area contributed by atoms with E-state index in [-0.39, 0.29) is 11.5 Å². The normalized spacial score (nSPS) is 15.3. The van der Waals surface area contributed by atoms with Gasteiger partial charge in [-0.05, 0) is 37.4 Å². The molecular formula is C16H20N6O2. The Kier molecular flexibility index (Phi) is 4.48. The van der Waals surface area contributed by atoms with E-state index >= 15 is 0 Å². The van der Waals surface area contributed by atoms with Crippen molar-refractivity contribution in [2.75, 3.05) is 49.2 Å². The van der Waals surface area contributed by atoms with Gasteiger partial charge < -0.3 is 20.9 Å². The van der Waals surface area contributed by atoms with Crippen LogP contribution in [0.15, 0.2) is 36.4 Å². The standard InChI is InChI=1S/C16H20N6O2/c1-20-8-10-21(11-9-20)15-7-6-14(22(23)24)16(19-15)18-13-4-2-12(17)3-5-13/h2-7H,8-11,17H2,1H3,(H,18,19). The Hall–Kier alpha value is -2.87. The van der Waals surface area contributed by atoms with Crippen LogP contribution in [-0.4, -0.2) is 48.0 Å². The monoisotopic (exact) mass is 328 g/mol. The first-order valence-electron chi connectivity index (χ1n) is 7.74. The predicted molar refractivity (Wildman–Crippen MR) is 94.7 cm³/mol. The molecule has 3 rings (SSSR count). The second-order valence-corrected chi connectivity index (χ2v) is 5.83. The molecule has 0 spiro atoms. The lowest BCUT2D eigenvalue weighted by Crippen LogP contribution is -2.44. The summed E-state index contributed by atoms with van der Waals surface area (Å²) in [6.07, 6.45) is 0. The molecule has 0 unspecified atom stereocenters. The van der Waals surface area contributed by atoms with Crippen LogP contribution in [-0.2, 0) is 0 Å². The van der Waals surface area contributed by atoms with Crippen molar-refractivity contribution in [3.63, 3.8) is 0 Å². The molecule has 126 valence electrons. The molecule has 8 nitrogen and oxygen atoms in total. The third-order valence-electron chi connectivity index (χ3n) is 4.06. The Morgan fingerprint density at radius 3 is 2.42 bits per heavy atom. The number of piperazine rings is 1. The quantitative estimate of drug-likeness (QED) is 0.503. The van der Waals surface area contributed by atoms with Crippen molar-refractivity contribution in [3.05, 3.63) is 46.5 Å². The summed E-state index contributed by atoms with van der Waals surface area (Å²) < 4.78 is 0. The van der Waals surface area contributed by atoms with Crippen molar-refractivity contribution in [1.82, 2.24) is 9.88 Å². The molecule has 3 N–H and O–H groups in total. The molecule has 0 aliphatic carbocycles. The van der Waals surface area contributed by atoms with Crippen LogP contribution in [0, 0.1) is 10.1 Å². The van der Waals surface area contributed by atoms with Gasteiger partial charge in [0.05, 0.1) is 4.92 Å². The Morgan fingerprint density at radius 2 is 1.79 bits per heavy atom. The third-order valence-corrected chi connectivity index (χ3v) is 4.06. The van der Waals surface area contributed by atoms with Gasteiger partial charge in [-0.15, -0.1) is 0 Å². The van der Waals surface area contributed by atoms with Crippen molar-refractivity contribution in [2.45, 2.75) is 0 Å². The van der Waals surface area contributed by atoms with Gasteiger partial charge >= 0.3 is 5.69 Å². The lowest BCUT2D eigenvalue weighted by atomic mass is 10.2. The Balaban J connectivity index is 1.88. The van der Waals surface area contributed by atoms with Gasteiger partial charge in [0.25, 0.3) is 0 Å². The minimum absolute atomic E-state index is 0.0512. The minimum Gasteiger partial charge on any atom is -0.399 e. The van der Waals surface area contributed by atoms with Gasteiger partial charge in [-0.1, -0.05) is 0 Å². The molecule has 8 heteroatoms. The molecule has 1 aliphatic heterocycles. The second kappa shape index (κ2) is 6.71. The first-order valence-corrected chi connectivity index (χ1v) is 7.74. The maximum atomic E-state index is 11.3. The average Bonchev–Trinajstić information content (AvgIpc) is 2.57. The minimum atomic E-state index is -0.430. The number of nitrogens with one attached hydrogen (secondary N) is 1. The zero-order chi connectivity index (χ0) is 17.1. The van der Waals surface area contributed by atoms with Crippen LogP contribution in [0.2, 0.25) is 0 Å². The lowest BCUT2D eigenvalue weighted by Gasteiger charge is -2.33. The SMILES string of the molecule is CN1CCN(c2ccc([N+](=O)[O-])c(Nc3ccc(N)cc3)n2)CC1. The topological polar surface area (TPSA) is 101 Å². The van der Waals surface area contributed by atoms with Crippen molar-refractivity contribution in [1.29, 1.82) is 0 Å². The van der Waals surface area contributed by atoms with Crippen LogP contribution in [0.3, 0.4) is 0 Å². The van der Waals surface area contributed by atoms with E-state index in [1.54, 1.807) is 30.3 Å². The summed E-state index contributed by atoms with van der Waals surface area (Å²) in [5.74, 6) is 0.979. The summed E-state index contributed by atoms with van der Waals surface area (Å²) in [6, 6.07) is 10.2. The number of rotatable bonds is 4. The van der Waals surface area contributed by atoms with Crippen LogP contribution in [0.5, 0.6) is 0 Å². The maximum Gasteiger partial charge on any atom is 0.311 e. The Morgan fingerprint density at radius 1 is 1.12 bits per heavy atom. The molecule has 0 bridgehead atoms. The van der Waals surface area contributed by atoms with Crippen LogP contribution < -0.4 is 16.0 Å². The summed E-state index contributed by atoms with van der Waals surface area (Å²) in [7, 11) is 2.08. The van der Waals surface area contributed by atoms with E-state index in [9.17, 15) is 10.1 Å². The van der Waals surface area contributed by atoms with Crippen LogP contribution >= 0.6 is 0 Å². The number of nitrogens with zero attached hydrogens (tertiary/aromatic N) is 4. The highest BCUT2D eigenvalue weighted by Gasteiger charge is 2.20. The van der Waals surface area contributed by atoms with E-state index < -0.39 is 4.92 Å². The van der Waals surface area contributed by atoms with Crippen molar-refractivity contribution in [3.8, 4) is 0 Å². The van der Waals surface area contributed by atoms with Crippen LogP contribution in [0.4, 0.5) is 28.7 Å². The zero-order valence-corrected chi connectivity index (χ0v) is 13.5. The number of pyridine rings is 1. The number of hydrogen-bond donors (Lipinski definition) is 2. The summed E-state index contributed by atoms with van der Waals surface area (Å²) >= 11 is 0. The van der Waals surface area contributed by atoms with Gasteiger partial charge in [0.2, 0.25) is 5.82 Å². The lowest BCUT2D eigenvalue weighted by molar-refractivity contribution is -0.384. The fourth-order valence-electron chi connectivity index (χ4n) is 2.60. The van der Waals surface area contributed by atoms with E-state index in [1.165, 1.54) is 6.07 Å². The highest BCUT2D eigenvalue weighted by Crippen LogP contribution is 2.29. The molecule has 24 heavy (non-hydrogen) atoms. The smallest absolute Gasteiger partial charge is 0.311 e. The summed E-state index contributed by atoms with van der Waals surface area (Å²) in [5.41, 5.74) is 6.96. The fourth-order valence-corrected chi connectivity index (χ4v) is 2.60. The molecule has 2 aromatic rings. The van der Waals surface area contributed by atoms with E-state index in [0.29, 0.717) is 11.4 Å². The van der Waals surface area contributed by atoms with Crippen molar-refractivity contribution in [2.24, 2.45) is 0 Å². The number of benzene rings is 1. The first-order chi connectivity index (χ1) is 11.5. The van der Waals surface area contributed by atoms with Crippen molar-refractivity contribution >= 4 is 28.7 Å². The summed E-state index contributed by atoms with van der Waals surface area (Å²) in [5, 5.41) is 14.3. The fraction of sp³-hybridized carbons (Fsp3) is 0.312. The van der Waals surface area contributed by atoms with Gasteiger partial charge in [-0.25, -0.2) is 4.98 Å².